The number of carbonyl (C=O) groups is 2. The molecule has 3 aromatic rings. The van der Waals surface area contributed by atoms with E-state index < -0.39 is 5.97 Å². The fourth-order valence-electron chi connectivity index (χ4n) is 3.86. The number of pyridine rings is 1. The van der Waals surface area contributed by atoms with Crippen molar-refractivity contribution in [2.75, 3.05) is 23.3 Å². The zero-order valence-electron chi connectivity index (χ0n) is 16.6. The number of benzene rings is 2. The lowest BCUT2D eigenvalue weighted by atomic mass is 10.00. The number of hydrogen-bond acceptors (Lipinski definition) is 4. The Balaban J connectivity index is 1.68. The number of halogens is 1. The SMILES string of the molecule is C[C@H]1CCCN(c2cc(C(=O)O)c3cc(NC(=O)c4cccc(Cl)c4)ccc3n2)C1. The van der Waals surface area contributed by atoms with Crippen LogP contribution in [0.15, 0.2) is 48.5 Å². The molecule has 154 valence electrons. The van der Waals surface area contributed by atoms with Gasteiger partial charge in [-0.25, -0.2) is 9.78 Å². The molecule has 6 nitrogen and oxygen atoms in total. The molecule has 2 N–H and O–H groups in total. The summed E-state index contributed by atoms with van der Waals surface area (Å²) in [6.07, 6.45) is 2.24. The second-order valence-corrected chi connectivity index (χ2v) is 8.16. The van der Waals surface area contributed by atoms with Gasteiger partial charge in [0.2, 0.25) is 0 Å². The number of nitrogens with one attached hydrogen (secondary N) is 1. The molecule has 4 rings (SSSR count). The maximum atomic E-state index is 12.5. The van der Waals surface area contributed by atoms with E-state index in [1.807, 2.05) is 0 Å². The van der Waals surface area contributed by atoms with Crippen LogP contribution in [0.5, 0.6) is 0 Å². The maximum Gasteiger partial charge on any atom is 0.336 e. The molecule has 2 aromatic carbocycles. The standard InChI is InChI=1S/C23H22ClN3O3/c1-14-4-3-9-27(13-14)21-12-19(23(29)30)18-11-17(7-8-20(18)26-21)25-22(28)15-5-2-6-16(24)10-15/h2,5-8,10-12,14H,3-4,9,13H2,1H3,(H,25,28)(H,29,30)/t14-/m0/s1. The Hall–Kier alpha value is -3.12. The molecule has 1 amide bonds. The fraction of sp³-hybridized carbons (Fsp3) is 0.261. The first-order valence-corrected chi connectivity index (χ1v) is 10.3. The Morgan fingerprint density at radius 3 is 2.77 bits per heavy atom. The van der Waals surface area contributed by atoms with Gasteiger partial charge in [0.25, 0.3) is 5.91 Å². The second-order valence-electron chi connectivity index (χ2n) is 7.72. The summed E-state index contributed by atoms with van der Waals surface area (Å²) in [4.78, 5) is 31.3. The second kappa shape index (κ2) is 8.32. The van der Waals surface area contributed by atoms with Gasteiger partial charge in [0, 0.05) is 34.7 Å². The van der Waals surface area contributed by atoms with Crippen molar-refractivity contribution in [3.05, 3.63) is 64.7 Å². The summed E-state index contributed by atoms with van der Waals surface area (Å²) in [5.41, 5.74) is 1.68. The molecule has 1 aliphatic heterocycles. The average molecular weight is 424 g/mol. The zero-order chi connectivity index (χ0) is 21.3. The number of aromatic nitrogens is 1. The van der Waals surface area contributed by atoms with Crippen LogP contribution in [0.3, 0.4) is 0 Å². The van der Waals surface area contributed by atoms with Crippen molar-refractivity contribution in [2.24, 2.45) is 5.92 Å². The summed E-state index contributed by atoms with van der Waals surface area (Å²) < 4.78 is 0. The molecule has 1 saturated heterocycles. The third-order valence-electron chi connectivity index (χ3n) is 5.35. The number of fused-ring (bicyclic) bond motifs is 1. The molecule has 1 atom stereocenters. The first-order valence-electron chi connectivity index (χ1n) is 9.90. The van der Waals surface area contributed by atoms with Crippen LogP contribution in [0.4, 0.5) is 11.5 Å². The highest BCUT2D eigenvalue weighted by Crippen LogP contribution is 2.28. The van der Waals surface area contributed by atoms with Gasteiger partial charge in [0.15, 0.2) is 0 Å². The largest absolute Gasteiger partial charge is 0.478 e. The Morgan fingerprint density at radius 2 is 2.03 bits per heavy atom. The monoisotopic (exact) mass is 423 g/mol. The molecule has 0 spiro atoms. The molecule has 1 aliphatic rings. The highest BCUT2D eigenvalue weighted by Gasteiger charge is 2.21. The molecule has 0 bridgehead atoms. The van der Waals surface area contributed by atoms with Gasteiger partial charge in [-0.1, -0.05) is 24.6 Å². The van der Waals surface area contributed by atoms with Gasteiger partial charge < -0.3 is 15.3 Å². The molecule has 7 heteroatoms. The topological polar surface area (TPSA) is 82.5 Å². The normalized spacial score (nSPS) is 16.5. The van der Waals surface area contributed by atoms with Gasteiger partial charge in [-0.2, -0.15) is 0 Å². The summed E-state index contributed by atoms with van der Waals surface area (Å²) in [6, 6.07) is 13.4. The van der Waals surface area contributed by atoms with Crippen molar-refractivity contribution in [3.8, 4) is 0 Å². The van der Waals surface area contributed by atoms with E-state index >= 15 is 0 Å². The van der Waals surface area contributed by atoms with E-state index in [9.17, 15) is 14.7 Å². The van der Waals surface area contributed by atoms with Gasteiger partial charge >= 0.3 is 5.97 Å². The third-order valence-corrected chi connectivity index (χ3v) is 5.59. The summed E-state index contributed by atoms with van der Waals surface area (Å²) in [7, 11) is 0. The summed E-state index contributed by atoms with van der Waals surface area (Å²) in [5.74, 6) is -0.108. The summed E-state index contributed by atoms with van der Waals surface area (Å²) in [5, 5.41) is 13.5. The molecule has 0 aliphatic carbocycles. The lowest BCUT2D eigenvalue weighted by molar-refractivity contribution is 0.0698. The van der Waals surface area contributed by atoms with Crippen molar-refractivity contribution in [1.82, 2.24) is 4.98 Å². The quantitative estimate of drug-likeness (QED) is 0.611. The molecule has 2 heterocycles. The maximum absolute atomic E-state index is 12.5. The van der Waals surface area contributed by atoms with Crippen LogP contribution < -0.4 is 10.2 Å². The minimum atomic E-state index is -1.02. The van der Waals surface area contributed by atoms with E-state index in [4.69, 9.17) is 16.6 Å². The number of amides is 1. The van der Waals surface area contributed by atoms with Crippen LogP contribution >= 0.6 is 11.6 Å². The molecular weight excluding hydrogens is 402 g/mol. The number of carbonyl (C=O) groups excluding carboxylic acids is 1. The van der Waals surface area contributed by atoms with Crippen molar-refractivity contribution < 1.29 is 14.7 Å². The number of rotatable bonds is 4. The average Bonchev–Trinajstić information content (AvgIpc) is 2.72. The molecule has 1 aromatic heterocycles. The van der Waals surface area contributed by atoms with Crippen molar-refractivity contribution in [1.29, 1.82) is 0 Å². The highest BCUT2D eigenvalue weighted by molar-refractivity contribution is 6.31. The Labute approximate surface area is 179 Å². The Morgan fingerprint density at radius 1 is 1.20 bits per heavy atom. The van der Waals surface area contributed by atoms with Crippen LogP contribution in [-0.4, -0.2) is 35.1 Å². The molecule has 30 heavy (non-hydrogen) atoms. The van der Waals surface area contributed by atoms with Crippen LogP contribution in [0.25, 0.3) is 10.9 Å². The van der Waals surface area contributed by atoms with E-state index in [2.05, 4.69) is 17.1 Å². The van der Waals surface area contributed by atoms with Crippen LogP contribution in [0.2, 0.25) is 5.02 Å². The van der Waals surface area contributed by atoms with E-state index in [0.717, 1.165) is 19.5 Å². The van der Waals surface area contributed by atoms with E-state index in [1.165, 1.54) is 6.42 Å². The van der Waals surface area contributed by atoms with Crippen molar-refractivity contribution in [3.63, 3.8) is 0 Å². The van der Waals surface area contributed by atoms with Crippen molar-refractivity contribution in [2.45, 2.75) is 19.8 Å². The number of anilines is 2. The first-order chi connectivity index (χ1) is 14.4. The highest BCUT2D eigenvalue weighted by atomic mass is 35.5. The lowest BCUT2D eigenvalue weighted by Gasteiger charge is -2.32. The van der Waals surface area contributed by atoms with Crippen molar-refractivity contribution >= 4 is 45.9 Å². The van der Waals surface area contributed by atoms with Crippen LogP contribution in [-0.2, 0) is 0 Å². The van der Waals surface area contributed by atoms with Gasteiger partial charge in [-0.05, 0) is 61.2 Å². The summed E-state index contributed by atoms with van der Waals surface area (Å²) in [6.45, 7) is 3.93. The first kappa shape index (κ1) is 20.2. The number of nitrogens with zero attached hydrogens (tertiary/aromatic N) is 2. The molecule has 0 saturated carbocycles. The predicted octanol–water partition coefficient (Wildman–Crippen LogP) is 5.08. The Bertz CT molecular complexity index is 1130. The van der Waals surface area contributed by atoms with E-state index in [-0.39, 0.29) is 11.5 Å². The third kappa shape index (κ3) is 4.24. The number of carboxylic acid groups (broad SMARTS) is 1. The number of hydrogen-bond donors (Lipinski definition) is 2. The van der Waals surface area contributed by atoms with Gasteiger partial charge in [0.1, 0.15) is 5.82 Å². The molecular formula is C23H22ClN3O3. The molecule has 0 radical (unpaired) electrons. The van der Waals surface area contributed by atoms with Gasteiger partial charge in [-0.3, -0.25) is 4.79 Å². The molecule has 0 unspecified atom stereocenters. The van der Waals surface area contributed by atoms with E-state index in [1.54, 1.807) is 48.5 Å². The predicted molar refractivity (Wildman–Crippen MR) is 119 cm³/mol. The Kier molecular flexibility index (Phi) is 5.59. The summed E-state index contributed by atoms with van der Waals surface area (Å²) >= 11 is 5.96. The number of carboxylic acids is 1. The number of piperidine rings is 1. The minimum Gasteiger partial charge on any atom is -0.478 e. The smallest absolute Gasteiger partial charge is 0.336 e. The van der Waals surface area contributed by atoms with Gasteiger partial charge in [0.05, 0.1) is 11.1 Å². The number of aromatic carboxylic acids is 1. The lowest BCUT2D eigenvalue weighted by Crippen LogP contribution is -2.35. The molecule has 1 fully saturated rings. The zero-order valence-corrected chi connectivity index (χ0v) is 17.3. The van der Waals surface area contributed by atoms with E-state index in [0.29, 0.717) is 38.9 Å². The fourth-order valence-corrected chi connectivity index (χ4v) is 4.05. The van der Waals surface area contributed by atoms with Crippen LogP contribution in [0.1, 0.15) is 40.5 Å². The minimum absolute atomic E-state index is 0.173. The van der Waals surface area contributed by atoms with Gasteiger partial charge in [-0.15, -0.1) is 0 Å². The van der Waals surface area contributed by atoms with Crippen LogP contribution in [0, 0.1) is 5.92 Å².